The third-order valence-electron chi connectivity index (χ3n) is 5.04. The molecule has 0 unspecified atom stereocenters. The topological polar surface area (TPSA) is 36.8 Å². The highest BCUT2D eigenvalue weighted by molar-refractivity contribution is 6.16. The first-order chi connectivity index (χ1) is 13.8. The average Bonchev–Trinajstić information content (AvgIpc) is 2.79. The van der Waals surface area contributed by atoms with Gasteiger partial charge < -0.3 is 5.32 Å². The van der Waals surface area contributed by atoms with Gasteiger partial charge in [0.2, 0.25) is 0 Å². The van der Waals surface area contributed by atoms with E-state index in [0.29, 0.717) is 0 Å². The van der Waals surface area contributed by atoms with E-state index in [2.05, 4.69) is 60.8 Å². The van der Waals surface area contributed by atoms with Crippen molar-refractivity contribution in [2.24, 2.45) is 9.98 Å². The summed E-state index contributed by atoms with van der Waals surface area (Å²) in [6.45, 7) is 2.21. The average molecular weight is 367 g/mol. The Morgan fingerprint density at radius 1 is 0.679 bits per heavy atom. The Kier molecular flexibility index (Phi) is 5.34. The molecule has 3 aromatic rings. The molecule has 0 saturated heterocycles. The van der Waals surface area contributed by atoms with Gasteiger partial charge in [-0.3, -0.25) is 0 Å². The summed E-state index contributed by atoms with van der Waals surface area (Å²) >= 11 is 0. The van der Waals surface area contributed by atoms with Crippen molar-refractivity contribution in [3.05, 3.63) is 108 Å². The van der Waals surface area contributed by atoms with Crippen LogP contribution in [0.15, 0.2) is 101 Å². The largest absolute Gasteiger partial charge is 0.324 e. The number of nitrogens with zero attached hydrogens (tertiary/aromatic N) is 2. The van der Waals surface area contributed by atoms with E-state index in [0.717, 1.165) is 47.6 Å². The van der Waals surface area contributed by atoms with E-state index in [9.17, 15) is 0 Å². The van der Waals surface area contributed by atoms with Crippen LogP contribution in [0, 0.1) is 0 Å². The number of rotatable bonds is 6. The Labute approximate surface area is 166 Å². The smallest absolute Gasteiger partial charge is 0.180 e. The lowest BCUT2D eigenvalue weighted by Gasteiger charge is -2.33. The van der Waals surface area contributed by atoms with E-state index in [1.54, 1.807) is 0 Å². The van der Waals surface area contributed by atoms with Gasteiger partial charge in [-0.1, -0.05) is 104 Å². The van der Waals surface area contributed by atoms with Gasteiger partial charge in [-0.2, -0.15) is 0 Å². The zero-order valence-corrected chi connectivity index (χ0v) is 16.2. The molecule has 4 rings (SSSR count). The maximum atomic E-state index is 5.19. The Morgan fingerprint density at radius 2 is 1.14 bits per heavy atom. The van der Waals surface area contributed by atoms with Crippen LogP contribution in [0.3, 0.4) is 0 Å². The molecule has 1 heterocycles. The standard InChI is InChI=1S/C25H25N3/c1-2-3-19-25(22-17-11-6-12-18-22)27-23(20-13-7-4-8-14-20)26-24(28-25)21-15-9-5-10-16-21/h4-18H,2-3,19H2,1H3,(H,26,27,28). The fraction of sp³-hybridized carbons (Fsp3) is 0.200. The lowest BCUT2D eigenvalue weighted by atomic mass is 9.93. The number of hydrogen-bond donors (Lipinski definition) is 1. The van der Waals surface area contributed by atoms with Gasteiger partial charge >= 0.3 is 0 Å². The van der Waals surface area contributed by atoms with Crippen molar-refractivity contribution in [1.29, 1.82) is 0 Å². The van der Waals surface area contributed by atoms with Gasteiger partial charge in [-0.25, -0.2) is 9.98 Å². The highest BCUT2D eigenvalue weighted by Gasteiger charge is 2.35. The van der Waals surface area contributed by atoms with Gasteiger partial charge in [-0.05, 0) is 12.8 Å². The van der Waals surface area contributed by atoms with Crippen LogP contribution in [-0.2, 0) is 5.66 Å². The Balaban J connectivity index is 1.89. The normalized spacial score (nSPS) is 15.3. The fourth-order valence-corrected chi connectivity index (χ4v) is 3.54. The molecule has 0 aromatic heterocycles. The molecular formula is C25H25N3. The molecule has 3 heteroatoms. The summed E-state index contributed by atoms with van der Waals surface area (Å²) < 4.78 is 0. The van der Waals surface area contributed by atoms with E-state index in [4.69, 9.17) is 9.98 Å². The van der Waals surface area contributed by atoms with E-state index in [1.165, 1.54) is 0 Å². The van der Waals surface area contributed by atoms with Gasteiger partial charge in [-0.15, -0.1) is 0 Å². The molecule has 3 aromatic carbocycles. The quantitative estimate of drug-likeness (QED) is 0.611. The molecule has 0 atom stereocenters. The number of unbranched alkanes of at least 4 members (excludes halogenated alkanes) is 1. The number of aliphatic imine (C=N–C) groups is 2. The minimum absolute atomic E-state index is 0.612. The minimum atomic E-state index is -0.612. The van der Waals surface area contributed by atoms with Gasteiger partial charge in [0.1, 0.15) is 11.7 Å². The van der Waals surface area contributed by atoms with E-state index in [1.807, 2.05) is 42.5 Å². The molecule has 1 N–H and O–H groups in total. The van der Waals surface area contributed by atoms with E-state index >= 15 is 0 Å². The van der Waals surface area contributed by atoms with Crippen LogP contribution in [0.4, 0.5) is 0 Å². The molecule has 3 nitrogen and oxygen atoms in total. The molecular weight excluding hydrogens is 342 g/mol. The lowest BCUT2D eigenvalue weighted by molar-refractivity contribution is 0.410. The van der Waals surface area contributed by atoms with E-state index < -0.39 is 5.66 Å². The number of amidine groups is 2. The van der Waals surface area contributed by atoms with E-state index in [-0.39, 0.29) is 0 Å². The minimum Gasteiger partial charge on any atom is -0.324 e. The summed E-state index contributed by atoms with van der Waals surface area (Å²) in [5, 5.41) is 3.49. The van der Waals surface area contributed by atoms with Gasteiger partial charge in [0.25, 0.3) is 0 Å². The third kappa shape index (κ3) is 3.74. The molecule has 0 fully saturated rings. The van der Waals surface area contributed by atoms with Crippen molar-refractivity contribution in [2.45, 2.75) is 31.8 Å². The fourth-order valence-electron chi connectivity index (χ4n) is 3.54. The maximum Gasteiger partial charge on any atom is 0.180 e. The van der Waals surface area contributed by atoms with Crippen LogP contribution in [-0.4, -0.2) is 11.7 Å². The molecule has 0 radical (unpaired) electrons. The highest BCUT2D eigenvalue weighted by Crippen LogP contribution is 2.36. The molecule has 0 spiro atoms. The highest BCUT2D eigenvalue weighted by atomic mass is 15.2. The molecule has 0 aliphatic carbocycles. The molecule has 0 saturated carbocycles. The third-order valence-corrected chi connectivity index (χ3v) is 5.04. The molecule has 1 aliphatic rings. The molecule has 140 valence electrons. The molecule has 1 aliphatic heterocycles. The van der Waals surface area contributed by atoms with Gasteiger partial charge in [0.05, 0.1) is 0 Å². The Bertz CT molecular complexity index is 905. The summed E-state index contributed by atoms with van der Waals surface area (Å²) in [6.07, 6.45) is 3.04. The molecule has 0 bridgehead atoms. The summed E-state index contributed by atoms with van der Waals surface area (Å²) in [7, 11) is 0. The van der Waals surface area contributed by atoms with Gasteiger partial charge in [0, 0.05) is 16.7 Å². The predicted octanol–water partition coefficient (Wildman–Crippen LogP) is 5.53. The lowest BCUT2D eigenvalue weighted by Crippen LogP contribution is -2.42. The monoisotopic (exact) mass is 367 g/mol. The van der Waals surface area contributed by atoms with Crippen molar-refractivity contribution in [3.63, 3.8) is 0 Å². The van der Waals surface area contributed by atoms with Crippen LogP contribution >= 0.6 is 0 Å². The predicted molar refractivity (Wildman–Crippen MR) is 117 cm³/mol. The molecule has 28 heavy (non-hydrogen) atoms. The first kappa shape index (κ1) is 18.2. The van der Waals surface area contributed by atoms with Crippen LogP contribution in [0.1, 0.15) is 42.9 Å². The first-order valence-corrected chi connectivity index (χ1v) is 9.94. The summed E-state index contributed by atoms with van der Waals surface area (Å²) in [4.78, 5) is 10.4. The second-order valence-electron chi connectivity index (χ2n) is 7.06. The van der Waals surface area contributed by atoms with Crippen molar-refractivity contribution in [2.75, 3.05) is 0 Å². The van der Waals surface area contributed by atoms with Gasteiger partial charge in [0.15, 0.2) is 5.66 Å². The van der Waals surface area contributed by atoms with Crippen molar-refractivity contribution < 1.29 is 0 Å². The van der Waals surface area contributed by atoms with Crippen molar-refractivity contribution in [1.82, 2.24) is 5.32 Å². The Hall–Kier alpha value is -3.20. The zero-order valence-electron chi connectivity index (χ0n) is 16.2. The molecule has 0 amide bonds. The maximum absolute atomic E-state index is 5.19. The number of nitrogens with one attached hydrogen (secondary N) is 1. The second-order valence-corrected chi connectivity index (χ2v) is 7.06. The van der Waals surface area contributed by atoms with Crippen LogP contribution in [0.25, 0.3) is 0 Å². The summed E-state index contributed by atoms with van der Waals surface area (Å²) in [5.41, 5.74) is 2.66. The second kappa shape index (κ2) is 8.22. The van der Waals surface area contributed by atoms with Crippen molar-refractivity contribution >= 4 is 11.7 Å². The summed E-state index contributed by atoms with van der Waals surface area (Å²) in [6, 6.07) is 31.1. The number of benzene rings is 3. The summed E-state index contributed by atoms with van der Waals surface area (Å²) in [5.74, 6) is 1.74. The van der Waals surface area contributed by atoms with Crippen LogP contribution in [0.5, 0.6) is 0 Å². The first-order valence-electron chi connectivity index (χ1n) is 9.94. The van der Waals surface area contributed by atoms with Crippen LogP contribution < -0.4 is 5.32 Å². The number of hydrogen-bond acceptors (Lipinski definition) is 3. The van der Waals surface area contributed by atoms with Crippen molar-refractivity contribution in [3.8, 4) is 0 Å². The Morgan fingerprint density at radius 3 is 1.61 bits per heavy atom. The van der Waals surface area contributed by atoms with Crippen LogP contribution in [0.2, 0.25) is 0 Å². The SMILES string of the molecule is CCCCC1(c2ccccc2)N=C(c2ccccc2)NC(c2ccccc2)=N1. The zero-order chi connectivity index (χ0) is 19.2.